The van der Waals surface area contributed by atoms with Gasteiger partial charge in [-0.1, -0.05) is 28.9 Å². The predicted octanol–water partition coefficient (Wildman–Crippen LogP) is 3.51. The van der Waals surface area contributed by atoms with Crippen LogP contribution in [0.4, 0.5) is 5.69 Å². The second-order valence-electron chi connectivity index (χ2n) is 4.91. The van der Waals surface area contributed by atoms with Gasteiger partial charge >= 0.3 is 5.97 Å². The van der Waals surface area contributed by atoms with E-state index < -0.39 is 5.97 Å². The zero-order valence-corrected chi connectivity index (χ0v) is 14.3. The first-order chi connectivity index (χ1) is 12.1. The van der Waals surface area contributed by atoms with Gasteiger partial charge in [0.25, 0.3) is 5.91 Å². The number of amides is 1. The number of rotatable bonds is 7. The standard InChI is InChI=1S/C18H17ClN2O4/c1-2-24-18(23)14-5-9-16(10-6-14)21-17(22)12-25-20-11-13-3-7-15(19)8-4-13/h3-11H,2,12H2,1H3,(H,21,22)/b20-11+. The van der Waals surface area contributed by atoms with Gasteiger partial charge in [-0.2, -0.15) is 0 Å². The Hall–Kier alpha value is -2.86. The molecular formula is C18H17ClN2O4. The molecule has 1 N–H and O–H groups in total. The SMILES string of the molecule is CCOC(=O)c1ccc(NC(=O)CO/N=C/c2ccc(Cl)cc2)cc1. The molecule has 6 nitrogen and oxygen atoms in total. The summed E-state index contributed by atoms with van der Waals surface area (Å²) in [5, 5.41) is 6.99. The molecule has 0 unspecified atom stereocenters. The zero-order chi connectivity index (χ0) is 18.1. The summed E-state index contributed by atoms with van der Waals surface area (Å²) in [6.07, 6.45) is 1.48. The molecule has 0 atom stereocenters. The van der Waals surface area contributed by atoms with Crippen molar-refractivity contribution in [2.75, 3.05) is 18.5 Å². The lowest BCUT2D eigenvalue weighted by molar-refractivity contribution is -0.120. The topological polar surface area (TPSA) is 77.0 Å². The normalized spacial score (nSPS) is 10.5. The first-order valence-electron chi connectivity index (χ1n) is 7.56. The highest BCUT2D eigenvalue weighted by Crippen LogP contribution is 2.11. The minimum Gasteiger partial charge on any atom is -0.462 e. The molecule has 0 saturated carbocycles. The Kier molecular flexibility index (Phi) is 6.98. The lowest BCUT2D eigenvalue weighted by Gasteiger charge is -2.06. The second kappa shape index (κ2) is 9.44. The quantitative estimate of drug-likeness (QED) is 0.465. The van der Waals surface area contributed by atoms with Gasteiger partial charge in [-0.25, -0.2) is 4.79 Å². The van der Waals surface area contributed by atoms with Crippen LogP contribution in [0.5, 0.6) is 0 Å². The monoisotopic (exact) mass is 360 g/mol. The second-order valence-corrected chi connectivity index (χ2v) is 5.34. The minimum atomic E-state index is -0.403. The molecule has 0 aliphatic carbocycles. The maximum absolute atomic E-state index is 11.8. The van der Waals surface area contributed by atoms with Gasteiger partial charge in [0.2, 0.25) is 0 Å². The van der Waals surface area contributed by atoms with E-state index in [0.29, 0.717) is 22.9 Å². The number of carbonyl (C=O) groups excluding carboxylic acids is 2. The lowest BCUT2D eigenvalue weighted by Crippen LogP contribution is -2.17. The number of halogens is 1. The fourth-order valence-electron chi connectivity index (χ4n) is 1.84. The molecular weight excluding hydrogens is 344 g/mol. The highest BCUT2D eigenvalue weighted by Gasteiger charge is 2.07. The number of hydrogen-bond acceptors (Lipinski definition) is 5. The molecule has 2 aromatic carbocycles. The van der Waals surface area contributed by atoms with Gasteiger partial charge < -0.3 is 14.9 Å². The lowest BCUT2D eigenvalue weighted by atomic mass is 10.2. The van der Waals surface area contributed by atoms with Gasteiger partial charge in [0.15, 0.2) is 6.61 Å². The molecule has 2 rings (SSSR count). The molecule has 0 aromatic heterocycles. The van der Waals surface area contributed by atoms with Crippen molar-refractivity contribution in [1.82, 2.24) is 0 Å². The summed E-state index contributed by atoms with van der Waals surface area (Å²) < 4.78 is 4.89. The zero-order valence-electron chi connectivity index (χ0n) is 13.6. The summed E-state index contributed by atoms with van der Waals surface area (Å²) in [5.74, 6) is -0.766. The van der Waals surface area contributed by atoms with Crippen molar-refractivity contribution in [2.24, 2.45) is 5.16 Å². The third-order valence-corrected chi connectivity index (χ3v) is 3.27. The number of hydrogen-bond donors (Lipinski definition) is 1. The third-order valence-electron chi connectivity index (χ3n) is 3.02. The van der Waals surface area contributed by atoms with E-state index in [0.717, 1.165) is 5.56 Å². The number of carbonyl (C=O) groups is 2. The smallest absolute Gasteiger partial charge is 0.338 e. The van der Waals surface area contributed by atoms with E-state index in [2.05, 4.69) is 10.5 Å². The van der Waals surface area contributed by atoms with Crippen molar-refractivity contribution in [3.63, 3.8) is 0 Å². The maximum Gasteiger partial charge on any atom is 0.338 e. The molecule has 0 saturated heterocycles. The van der Waals surface area contributed by atoms with E-state index in [-0.39, 0.29) is 12.5 Å². The molecule has 0 bridgehead atoms. The van der Waals surface area contributed by atoms with E-state index in [1.54, 1.807) is 55.5 Å². The Balaban J connectivity index is 1.78. The predicted molar refractivity (Wildman–Crippen MR) is 96.0 cm³/mol. The van der Waals surface area contributed by atoms with Crippen LogP contribution in [0.2, 0.25) is 5.02 Å². The van der Waals surface area contributed by atoms with Gasteiger partial charge in [0.1, 0.15) is 0 Å². The van der Waals surface area contributed by atoms with Crippen molar-refractivity contribution < 1.29 is 19.2 Å². The Morgan fingerprint density at radius 1 is 1.12 bits per heavy atom. The largest absolute Gasteiger partial charge is 0.462 e. The van der Waals surface area contributed by atoms with Crippen LogP contribution in [0.15, 0.2) is 53.7 Å². The van der Waals surface area contributed by atoms with Crippen LogP contribution in [-0.4, -0.2) is 31.3 Å². The van der Waals surface area contributed by atoms with Crippen LogP contribution >= 0.6 is 11.6 Å². The molecule has 7 heteroatoms. The van der Waals surface area contributed by atoms with Crippen LogP contribution in [0.3, 0.4) is 0 Å². The van der Waals surface area contributed by atoms with Gasteiger partial charge in [-0.05, 0) is 48.9 Å². The molecule has 0 aliphatic heterocycles. The summed E-state index contributed by atoms with van der Waals surface area (Å²) in [5.41, 5.74) is 1.77. The van der Waals surface area contributed by atoms with E-state index in [4.69, 9.17) is 21.2 Å². The van der Waals surface area contributed by atoms with Crippen molar-refractivity contribution >= 4 is 35.4 Å². The van der Waals surface area contributed by atoms with Gasteiger partial charge in [0.05, 0.1) is 18.4 Å². The number of esters is 1. The Morgan fingerprint density at radius 2 is 1.80 bits per heavy atom. The number of anilines is 1. The molecule has 0 spiro atoms. The Morgan fingerprint density at radius 3 is 2.44 bits per heavy atom. The number of nitrogens with zero attached hydrogens (tertiary/aromatic N) is 1. The molecule has 2 aromatic rings. The van der Waals surface area contributed by atoms with Crippen LogP contribution in [0.1, 0.15) is 22.8 Å². The van der Waals surface area contributed by atoms with Crippen LogP contribution in [0, 0.1) is 0 Å². The van der Waals surface area contributed by atoms with Crippen LogP contribution in [0.25, 0.3) is 0 Å². The van der Waals surface area contributed by atoms with Gasteiger partial charge in [0, 0.05) is 10.7 Å². The number of ether oxygens (including phenoxy) is 1. The number of benzene rings is 2. The van der Waals surface area contributed by atoms with Crippen molar-refractivity contribution in [2.45, 2.75) is 6.92 Å². The minimum absolute atomic E-state index is 0.232. The van der Waals surface area contributed by atoms with E-state index >= 15 is 0 Å². The maximum atomic E-state index is 11.8. The van der Waals surface area contributed by atoms with Crippen molar-refractivity contribution in [1.29, 1.82) is 0 Å². The van der Waals surface area contributed by atoms with E-state index in [1.165, 1.54) is 6.21 Å². The molecule has 1 amide bonds. The molecule has 25 heavy (non-hydrogen) atoms. The fourth-order valence-corrected chi connectivity index (χ4v) is 1.97. The third kappa shape index (κ3) is 6.27. The average Bonchev–Trinajstić information content (AvgIpc) is 2.61. The van der Waals surface area contributed by atoms with Crippen LogP contribution < -0.4 is 5.32 Å². The van der Waals surface area contributed by atoms with E-state index in [1.807, 2.05) is 0 Å². The van der Waals surface area contributed by atoms with Crippen molar-refractivity contribution in [3.8, 4) is 0 Å². The van der Waals surface area contributed by atoms with Gasteiger partial charge in [-0.15, -0.1) is 0 Å². The molecule has 130 valence electrons. The fraction of sp³-hybridized carbons (Fsp3) is 0.167. The highest BCUT2D eigenvalue weighted by molar-refractivity contribution is 6.30. The first-order valence-corrected chi connectivity index (χ1v) is 7.94. The summed E-state index contributed by atoms with van der Waals surface area (Å²) in [4.78, 5) is 28.3. The summed E-state index contributed by atoms with van der Waals surface area (Å²) >= 11 is 5.78. The Labute approximate surface area is 150 Å². The van der Waals surface area contributed by atoms with Gasteiger partial charge in [-0.3, -0.25) is 4.79 Å². The number of nitrogens with one attached hydrogen (secondary N) is 1. The van der Waals surface area contributed by atoms with Crippen molar-refractivity contribution in [3.05, 3.63) is 64.7 Å². The molecule has 0 heterocycles. The molecule has 0 fully saturated rings. The first kappa shape index (κ1) is 18.5. The average molecular weight is 361 g/mol. The van der Waals surface area contributed by atoms with E-state index in [9.17, 15) is 9.59 Å². The summed E-state index contributed by atoms with van der Waals surface area (Å²) in [6, 6.07) is 13.4. The number of oxime groups is 1. The summed E-state index contributed by atoms with van der Waals surface area (Å²) in [7, 11) is 0. The summed E-state index contributed by atoms with van der Waals surface area (Å²) in [6.45, 7) is 1.82. The van der Waals surface area contributed by atoms with Crippen LogP contribution in [-0.2, 0) is 14.4 Å². The molecule has 0 radical (unpaired) electrons. The Bertz CT molecular complexity index is 743. The molecule has 0 aliphatic rings. The highest BCUT2D eigenvalue weighted by atomic mass is 35.5.